The highest BCUT2D eigenvalue weighted by Crippen LogP contribution is 2.16. The average molecular weight is 237 g/mol. The lowest BCUT2D eigenvalue weighted by Crippen LogP contribution is -2.16. The summed E-state index contributed by atoms with van der Waals surface area (Å²) in [6.07, 6.45) is 0. The summed E-state index contributed by atoms with van der Waals surface area (Å²) in [5.74, 6) is 1.14. The molecule has 1 amide bonds. The number of methoxy groups -OCH3 is 1. The number of hydrogen-bond donors (Lipinski definition) is 1. The van der Waals surface area contributed by atoms with E-state index in [1.165, 1.54) is 7.11 Å². The molecule has 0 bridgehead atoms. The summed E-state index contributed by atoms with van der Waals surface area (Å²) in [7, 11) is 1.49. The molecule has 0 saturated heterocycles. The fourth-order valence-electron chi connectivity index (χ4n) is 1.23. The van der Waals surface area contributed by atoms with E-state index in [0.717, 1.165) is 11.4 Å². The van der Waals surface area contributed by atoms with Crippen LogP contribution in [0.3, 0.4) is 0 Å². The fourth-order valence-corrected chi connectivity index (χ4v) is 1.23. The van der Waals surface area contributed by atoms with Crippen molar-refractivity contribution in [2.45, 2.75) is 13.8 Å². The molecule has 0 atom stereocenters. The van der Waals surface area contributed by atoms with Crippen LogP contribution in [0.4, 0.5) is 5.69 Å². The minimum absolute atomic E-state index is 0.0611. The van der Waals surface area contributed by atoms with Gasteiger partial charge in [0, 0.05) is 12.8 Å². The van der Waals surface area contributed by atoms with Gasteiger partial charge in [-0.1, -0.05) is 13.8 Å². The molecule has 0 aromatic heterocycles. The van der Waals surface area contributed by atoms with Gasteiger partial charge < -0.3 is 14.8 Å². The Bertz CT molecular complexity index is 346. The number of carbonyl (C=O) groups is 1. The van der Waals surface area contributed by atoms with E-state index in [9.17, 15) is 4.79 Å². The summed E-state index contributed by atoms with van der Waals surface area (Å²) in [6, 6.07) is 7.29. The van der Waals surface area contributed by atoms with Crippen molar-refractivity contribution in [2.75, 3.05) is 25.6 Å². The molecule has 1 rings (SSSR count). The number of carbonyl (C=O) groups excluding carboxylic acids is 1. The summed E-state index contributed by atoms with van der Waals surface area (Å²) < 4.78 is 10.3. The van der Waals surface area contributed by atoms with E-state index in [1.54, 1.807) is 0 Å². The van der Waals surface area contributed by atoms with Gasteiger partial charge in [-0.05, 0) is 30.2 Å². The number of rotatable bonds is 6. The summed E-state index contributed by atoms with van der Waals surface area (Å²) in [6.45, 7) is 4.94. The van der Waals surface area contributed by atoms with Crippen LogP contribution in [-0.4, -0.2) is 26.2 Å². The molecule has 4 nitrogen and oxygen atoms in total. The van der Waals surface area contributed by atoms with Crippen LogP contribution in [0.15, 0.2) is 24.3 Å². The average Bonchev–Trinajstić information content (AvgIpc) is 2.28. The lowest BCUT2D eigenvalue weighted by molar-refractivity contribution is -0.119. The molecule has 0 heterocycles. The Balaban J connectivity index is 2.47. The largest absolute Gasteiger partial charge is 0.493 e. The molecule has 1 aromatic rings. The number of anilines is 1. The summed E-state index contributed by atoms with van der Waals surface area (Å²) >= 11 is 0. The Morgan fingerprint density at radius 1 is 1.29 bits per heavy atom. The Hall–Kier alpha value is -1.55. The SMILES string of the molecule is COCC(=O)Nc1ccc(OCC(C)C)cc1. The molecule has 0 aliphatic heterocycles. The first kappa shape index (κ1) is 13.5. The monoisotopic (exact) mass is 237 g/mol. The summed E-state index contributed by atoms with van der Waals surface area (Å²) in [5, 5.41) is 2.72. The van der Waals surface area contributed by atoms with Crippen LogP contribution < -0.4 is 10.1 Å². The minimum atomic E-state index is -0.164. The highest BCUT2D eigenvalue weighted by molar-refractivity contribution is 5.91. The third-order valence-corrected chi connectivity index (χ3v) is 2.00. The van der Waals surface area contributed by atoms with Gasteiger partial charge in [0.25, 0.3) is 0 Å². The number of ether oxygens (including phenoxy) is 2. The molecule has 0 fully saturated rings. The third kappa shape index (κ3) is 5.36. The van der Waals surface area contributed by atoms with Gasteiger partial charge in [-0.25, -0.2) is 0 Å². The highest BCUT2D eigenvalue weighted by Gasteiger charge is 2.02. The van der Waals surface area contributed by atoms with Crippen LogP contribution in [-0.2, 0) is 9.53 Å². The van der Waals surface area contributed by atoms with Crippen molar-refractivity contribution in [1.82, 2.24) is 0 Å². The quantitative estimate of drug-likeness (QED) is 0.826. The van der Waals surface area contributed by atoms with Gasteiger partial charge in [-0.2, -0.15) is 0 Å². The maximum Gasteiger partial charge on any atom is 0.250 e. The molecular weight excluding hydrogens is 218 g/mol. The zero-order chi connectivity index (χ0) is 12.7. The first-order chi connectivity index (χ1) is 8.11. The van der Waals surface area contributed by atoms with Crippen LogP contribution in [0.25, 0.3) is 0 Å². The topological polar surface area (TPSA) is 47.6 Å². The standard InChI is InChI=1S/C13H19NO3/c1-10(2)8-17-12-6-4-11(5-7-12)14-13(15)9-16-3/h4-7,10H,8-9H2,1-3H3,(H,14,15). The van der Waals surface area contributed by atoms with Crippen LogP contribution in [0.1, 0.15) is 13.8 Å². The van der Waals surface area contributed by atoms with E-state index in [-0.39, 0.29) is 12.5 Å². The first-order valence-corrected chi connectivity index (χ1v) is 5.63. The molecule has 0 unspecified atom stereocenters. The minimum Gasteiger partial charge on any atom is -0.493 e. The molecule has 0 radical (unpaired) electrons. The Morgan fingerprint density at radius 2 is 1.94 bits per heavy atom. The molecule has 1 aromatic carbocycles. The van der Waals surface area contributed by atoms with Gasteiger partial charge >= 0.3 is 0 Å². The van der Waals surface area contributed by atoms with Crippen LogP contribution in [0.5, 0.6) is 5.75 Å². The van der Waals surface area contributed by atoms with Gasteiger partial charge in [-0.15, -0.1) is 0 Å². The highest BCUT2D eigenvalue weighted by atomic mass is 16.5. The molecule has 0 saturated carbocycles. The normalized spacial score (nSPS) is 10.4. The van der Waals surface area contributed by atoms with Crippen LogP contribution in [0, 0.1) is 5.92 Å². The predicted molar refractivity (Wildman–Crippen MR) is 67.3 cm³/mol. The summed E-state index contributed by atoms with van der Waals surface area (Å²) in [4.78, 5) is 11.2. The lowest BCUT2D eigenvalue weighted by Gasteiger charge is -2.09. The zero-order valence-corrected chi connectivity index (χ0v) is 10.5. The maximum absolute atomic E-state index is 11.2. The van der Waals surface area contributed by atoms with E-state index in [2.05, 4.69) is 19.2 Å². The molecule has 1 N–H and O–H groups in total. The molecule has 4 heteroatoms. The van der Waals surface area contributed by atoms with Gasteiger partial charge in [-0.3, -0.25) is 4.79 Å². The van der Waals surface area contributed by atoms with Gasteiger partial charge in [0.05, 0.1) is 6.61 Å². The van der Waals surface area contributed by atoms with E-state index in [0.29, 0.717) is 12.5 Å². The van der Waals surface area contributed by atoms with Crippen molar-refractivity contribution in [3.63, 3.8) is 0 Å². The smallest absolute Gasteiger partial charge is 0.250 e. The maximum atomic E-state index is 11.2. The molecule has 94 valence electrons. The second-order valence-corrected chi connectivity index (χ2v) is 4.21. The van der Waals surface area contributed by atoms with Crippen LogP contribution in [0.2, 0.25) is 0 Å². The molecule has 0 spiro atoms. The predicted octanol–water partition coefficient (Wildman–Crippen LogP) is 2.31. The number of benzene rings is 1. The molecule has 0 aliphatic rings. The van der Waals surface area contributed by atoms with Gasteiger partial charge in [0.1, 0.15) is 12.4 Å². The third-order valence-electron chi connectivity index (χ3n) is 2.00. The van der Waals surface area contributed by atoms with Gasteiger partial charge in [0.2, 0.25) is 5.91 Å². The van der Waals surface area contributed by atoms with Crippen molar-refractivity contribution < 1.29 is 14.3 Å². The lowest BCUT2D eigenvalue weighted by atomic mass is 10.2. The van der Waals surface area contributed by atoms with Crippen molar-refractivity contribution >= 4 is 11.6 Å². The van der Waals surface area contributed by atoms with Crippen molar-refractivity contribution in [2.24, 2.45) is 5.92 Å². The molecular formula is C13H19NO3. The summed E-state index contributed by atoms with van der Waals surface area (Å²) in [5.41, 5.74) is 0.740. The van der Waals surface area contributed by atoms with Crippen molar-refractivity contribution in [3.05, 3.63) is 24.3 Å². The second-order valence-electron chi connectivity index (χ2n) is 4.21. The van der Waals surface area contributed by atoms with Crippen molar-refractivity contribution in [3.8, 4) is 5.75 Å². The van der Waals surface area contributed by atoms with Crippen molar-refractivity contribution in [1.29, 1.82) is 0 Å². The number of nitrogens with one attached hydrogen (secondary N) is 1. The Kier molecular flexibility index (Phi) is 5.49. The first-order valence-electron chi connectivity index (χ1n) is 5.63. The fraction of sp³-hybridized carbons (Fsp3) is 0.462. The van der Waals surface area contributed by atoms with E-state index < -0.39 is 0 Å². The van der Waals surface area contributed by atoms with E-state index in [1.807, 2.05) is 24.3 Å². The zero-order valence-electron chi connectivity index (χ0n) is 10.5. The van der Waals surface area contributed by atoms with Crippen LogP contribution >= 0.6 is 0 Å². The van der Waals surface area contributed by atoms with E-state index >= 15 is 0 Å². The Morgan fingerprint density at radius 3 is 2.47 bits per heavy atom. The van der Waals surface area contributed by atoms with E-state index in [4.69, 9.17) is 9.47 Å². The molecule has 0 aliphatic carbocycles. The second kappa shape index (κ2) is 6.91. The number of hydrogen-bond acceptors (Lipinski definition) is 3. The number of amides is 1. The Labute approximate surface area is 102 Å². The van der Waals surface area contributed by atoms with Gasteiger partial charge in [0.15, 0.2) is 0 Å². The molecule has 17 heavy (non-hydrogen) atoms.